The van der Waals surface area contributed by atoms with E-state index < -0.39 is 133 Å². The zero-order chi connectivity index (χ0) is 84.4. The monoisotopic (exact) mass is 1420 g/mol. The molecule has 93 heavy (non-hydrogen) atoms. The van der Waals surface area contributed by atoms with Crippen molar-refractivity contribution in [2.75, 3.05) is 0 Å². The van der Waals surface area contributed by atoms with Crippen LogP contribution in [-0.4, -0.2) is 14.1 Å². The number of hydrogen-bond acceptors (Lipinski definition) is 3. The van der Waals surface area contributed by atoms with Crippen LogP contribution < -0.4 is 9.30 Å². The van der Waals surface area contributed by atoms with Gasteiger partial charge in [0.1, 0.15) is 17.0 Å². The zero-order valence-electron chi connectivity index (χ0n) is 76.5. The molecule has 15 rings (SSSR count). The first-order chi connectivity index (χ1) is 53.8. The van der Waals surface area contributed by atoms with E-state index >= 15 is 0 Å². The molecule has 0 saturated carbocycles. The maximum Gasteiger partial charge on any atom is 0.268 e. The summed E-state index contributed by atoms with van der Waals surface area (Å²) in [6, 6.07) is 46.4. The number of para-hydroxylation sites is 1. The SMILES string of the molecule is [2H]c1c([2H])c([2H])c(-c2cccc(-c3c([2H])c([2H])c4c(c3[2H])C(C([2H])([2H])[2H])(C([2H])([2H])[2H])C([2H])([2H])C([2H])([2H])C4(C([2H])([2H])[2H])C([2H])([2H])[2H])c2-[n+]2[c-]n(-c3[c-]c(Oc4[c-]c5c(cc4)c4cc(-c6cc(C(C)(C)C)cc(C(C)(C)C)c6)ccc4n5-c4cc(C(C)(C)C)ccn4)ccc3)c3cc4oc5cccc(-c6ccccc6)c5c4cc32)c([2H])c1[2H].[Pt]. The van der Waals surface area contributed by atoms with Gasteiger partial charge >= 0.3 is 0 Å². The van der Waals surface area contributed by atoms with Crippen LogP contribution in [-0.2, 0) is 48.1 Å². The van der Waals surface area contributed by atoms with Crippen LogP contribution in [0.1, 0.15) is 163 Å². The minimum Gasteiger partial charge on any atom is -0.510 e. The van der Waals surface area contributed by atoms with Gasteiger partial charge in [0.25, 0.3) is 6.33 Å². The van der Waals surface area contributed by atoms with Crippen LogP contribution in [0.2, 0.25) is 0 Å². The van der Waals surface area contributed by atoms with E-state index in [1.807, 2.05) is 54.6 Å². The maximum atomic E-state index is 10.5. The van der Waals surface area contributed by atoms with Gasteiger partial charge in [-0.2, -0.15) is 18.2 Å². The van der Waals surface area contributed by atoms with Gasteiger partial charge in [-0.3, -0.25) is 4.57 Å². The van der Waals surface area contributed by atoms with Gasteiger partial charge in [0, 0.05) is 77.0 Å². The van der Waals surface area contributed by atoms with Crippen molar-refractivity contribution >= 4 is 54.8 Å². The fraction of sp³-hybridized carbons (Fsp3) is 0.233. The predicted octanol–water partition coefficient (Wildman–Crippen LogP) is 22.4. The fourth-order valence-electron chi connectivity index (χ4n) is 12.4. The molecule has 0 spiro atoms. The Morgan fingerprint density at radius 2 is 1.24 bits per heavy atom. The minimum absolute atomic E-state index is 0. The van der Waals surface area contributed by atoms with E-state index in [0.717, 1.165) is 38.5 Å². The first-order valence-electron chi connectivity index (χ1n) is 42.4. The normalized spacial score (nSPS) is 19.5. The van der Waals surface area contributed by atoms with Gasteiger partial charge in [-0.25, -0.2) is 4.98 Å². The largest absolute Gasteiger partial charge is 0.510 e. The van der Waals surface area contributed by atoms with Crippen molar-refractivity contribution in [2.24, 2.45) is 0 Å². The van der Waals surface area contributed by atoms with Crippen LogP contribution in [0.3, 0.4) is 0 Å². The van der Waals surface area contributed by atoms with Gasteiger partial charge < -0.3 is 18.3 Å². The molecule has 6 nitrogen and oxygen atoms in total. The molecule has 4 heterocycles. The molecule has 7 heteroatoms. The first-order valence-corrected chi connectivity index (χ1v) is 30.4. The van der Waals surface area contributed by atoms with Gasteiger partial charge in [-0.15, -0.1) is 29.7 Å². The van der Waals surface area contributed by atoms with Crippen molar-refractivity contribution in [1.82, 2.24) is 14.1 Å². The van der Waals surface area contributed by atoms with Gasteiger partial charge in [0.05, 0.1) is 27.7 Å². The molecule has 0 saturated heterocycles. The third-order valence-corrected chi connectivity index (χ3v) is 17.4. The second-order valence-corrected chi connectivity index (χ2v) is 26.8. The number of fused-ring (bicyclic) bond motifs is 8. The molecular weight excluding hydrogens is 1320 g/mol. The summed E-state index contributed by atoms with van der Waals surface area (Å²) in [5, 5.41) is 2.80. The number of furan rings is 1. The van der Waals surface area contributed by atoms with Crippen LogP contribution in [0.4, 0.5) is 0 Å². The number of rotatable bonds is 9. The average molecular weight is 1420 g/mol. The average Bonchev–Trinajstić information content (AvgIpc) is 1.16. The molecule has 0 unspecified atom stereocenters. The Morgan fingerprint density at radius 1 is 0.548 bits per heavy atom. The standard InChI is InChI=1S/C86H78N4O2.Pt/c1-82(2,3)59-39-42-87-79(48-59)90-73-38-34-56(58-43-60(83(4,5)6)47-61(44-58)84(7,8)9)45-69(73)68-36-35-64(50-74(68)90)91-63-28-20-27-62(49-63)88-53-89(75-51-70-78(52-76(75)88)92-77-32-22-29-65(80(70)77)54-23-16-14-17-24-54)81-66(55-25-18-15-19-26-55)30-21-31-67(81)57-33-37-71-72(46-57)86(12,13)41-40-85(71,10)11;/h14-39,42-48,51-52H,40-41H2,1-13H3;/q-2;/i10D3,11D3,12D3,13D3,15D,18D,19D,25D,26D,33D,37D,40D2,41D2,46D;. The number of benzene rings is 10. The molecule has 1 aliphatic carbocycles. The molecular formula is C86H78N4O2Pt-2. The molecule has 4 aromatic heterocycles. The van der Waals surface area contributed by atoms with E-state index in [-0.39, 0.29) is 71.1 Å². The van der Waals surface area contributed by atoms with Crippen molar-refractivity contribution in [3.8, 4) is 73.2 Å². The van der Waals surface area contributed by atoms with Crippen LogP contribution in [0.15, 0.2) is 217 Å². The van der Waals surface area contributed by atoms with Gasteiger partial charge in [-0.1, -0.05) is 235 Å². The Bertz CT molecular complexity index is 6360. The van der Waals surface area contributed by atoms with E-state index in [4.69, 9.17) is 34.7 Å². The summed E-state index contributed by atoms with van der Waals surface area (Å²) in [6.45, 7) is 2.11. The predicted molar refractivity (Wildman–Crippen MR) is 380 cm³/mol. The number of aromatic nitrogens is 4. The third kappa shape index (κ3) is 10.9. The topological polar surface area (TPSA) is 49.0 Å². The van der Waals surface area contributed by atoms with Gasteiger partial charge in [0.15, 0.2) is 0 Å². The van der Waals surface area contributed by atoms with Crippen molar-refractivity contribution in [1.29, 1.82) is 0 Å². The molecule has 0 amide bonds. The number of nitrogens with zero attached hydrogens (tertiary/aromatic N) is 4. The van der Waals surface area contributed by atoms with Crippen molar-refractivity contribution in [3.63, 3.8) is 0 Å². The van der Waals surface area contributed by atoms with Crippen LogP contribution in [0.25, 0.3) is 116 Å². The smallest absolute Gasteiger partial charge is 0.268 e. The van der Waals surface area contributed by atoms with E-state index in [9.17, 15) is 12.3 Å². The quantitative estimate of drug-likeness (QED) is 0.107. The van der Waals surface area contributed by atoms with Crippen LogP contribution in [0.5, 0.6) is 11.5 Å². The summed E-state index contributed by atoms with van der Waals surface area (Å²) in [7, 11) is 0. The molecule has 0 fully saturated rings. The Morgan fingerprint density at radius 3 is 1.97 bits per heavy atom. The van der Waals surface area contributed by atoms with Crippen molar-refractivity contribution < 1.29 is 67.7 Å². The van der Waals surface area contributed by atoms with E-state index in [1.54, 1.807) is 48.7 Å². The molecule has 0 bridgehead atoms. The van der Waals surface area contributed by atoms with Crippen molar-refractivity contribution in [3.05, 3.63) is 259 Å². The zero-order valence-corrected chi connectivity index (χ0v) is 54.8. The summed E-state index contributed by atoms with van der Waals surface area (Å²) in [6.07, 6.45) is -4.14. The number of ether oxygens (including phenoxy) is 1. The summed E-state index contributed by atoms with van der Waals surface area (Å²) in [5.74, 6) is 1.00. The Kier molecular flexibility index (Phi) is 9.58. The molecule has 10 aromatic carbocycles. The van der Waals surface area contributed by atoms with E-state index in [1.165, 1.54) is 38.5 Å². The van der Waals surface area contributed by atoms with Gasteiger partial charge in [0.2, 0.25) is 0 Å². The number of hydrogen-bond donors (Lipinski definition) is 0. The Balaban J connectivity index is 0.0000113. The van der Waals surface area contributed by atoms with Crippen molar-refractivity contribution in [2.45, 2.75) is 130 Å². The number of pyridine rings is 1. The van der Waals surface area contributed by atoms with Crippen LogP contribution in [0, 0.1) is 18.5 Å². The maximum absolute atomic E-state index is 10.5. The molecule has 466 valence electrons. The molecule has 0 aliphatic heterocycles. The first kappa shape index (κ1) is 39.5. The number of imidazole rings is 1. The Labute approximate surface area is 595 Å². The van der Waals surface area contributed by atoms with E-state index in [2.05, 4.69) is 128 Å². The molecule has 14 aromatic rings. The summed E-state index contributed by atoms with van der Waals surface area (Å²) in [5.41, 5.74) is -6.04. The summed E-state index contributed by atoms with van der Waals surface area (Å²) in [4.78, 5) is 4.97. The second-order valence-electron chi connectivity index (χ2n) is 26.8. The molecule has 1 aliphatic rings. The Hall–Kier alpha value is -9.09. The fourth-order valence-corrected chi connectivity index (χ4v) is 12.4. The third-order valence-electron chi connectivity index (χ3n) is 17.4. The van der Waals surface area contributed by atoms with Gasteiger partial charge in [-0.05, 0) is 160 Å². The second kappa shape index (κ2) is 22.6. The minimum atomic E-state index is -4.67. The summed E-state index contributed by atoms with van der Waals surface area (Å²) >= 11 is 0. The van der Waals surface area contributed by atoms with Crippen LogP contribution >= 0.6 is 0 Å². The molecule has 0 N–H and O–H groups in total. The van der Waals surface area contributed by atoms with E-state index in [0.29, 0.717) is 38.8 Å². The molecule has 0 radical (unpaired) electrons. The summed E-state index contributed by atoms with van der Waals surface area (Å²) < 4.78 is 242. The molecule has 0 atom stereocenters.